The molecule has 0 radical (unpaired) electrons. The quantitative estimate of drug-likeness (QED) is 0.698. The highest BCUT2D eigenvalue weighted by molar-refractivity contribution is 7.89. The van der Waals surface area contributed by atoms with Crippen LogP contribution in [0.25, 0.3) is 0 Å². The number of carbonyl (C=O) groups is 1. The molecule has 8 heteroatoms. The Kier molecular flexibility index (Phi) is 5.48. The van der Waals surface area contributed by atoms with Gasteiger partial charge in [-0.15, -0.1) is 11.3 Å². The highest BCUT2D eigenvalue weighted by atomic mass is 32.2. The van der Waals surface area contributed by atoms with E-state index in [9.17, 15) is 13.2 Å². The van der Waals surface area contributed by atoms with Crippen molar-refractivity contribution in [1.29, 1.82) is 0 Å². The minimum Gasteiger partial charge on any atom is -0.477 e. The van der Waals surface area contributed by atoms with E-state index in [1.165, 1.54) is 6.07 Å². The largest absolute Gasteiger partial charge is 0.477 e. The lowest BCUT2D eigenvalue weighted by atomic mass is 10.1. The standard InChI is InChI=1S/C11H17NO5S2/c1-7(3-4-13)6-12-19(16,17)10-5-9(11(14)15)18-8(10)2/h5,7,12-13H,3-4,6H2,1-2H3,(H,14,15). The molecule has 0 saturated heterocycles. The van der Waals surface area contributed by atoms with E-state index in [4.69, 9.17) is 10.2 Å². The van der Waals surface area contributed by atoms with Gasteiger partial charge in [-0.25, -0.2) is 17.9 Å². The number of hydrogen-bond acceptors (Lipinski definition) is 5. The number of nitrogens with one attached hydrogen (secondary N) is 1. The van der Waals surface area contributed by atoms with Gasteiger partial charge in [-0.2, -0.15) is 0 Å². The van der Waals surface area contributed by atoms with E-state index >= 15 is 0 Å². The molecule has 19 heavy (non-hydrogen) atoms. The van der Waals surface area contributed by atoms with Crippen molar-refractivity contribution in [1.82, 2.24) is 4.72 Å². The summed E-state index contributed by atoms with van der Waals surface area (Å²) in [6.07, 6.45) is 0.505. The van der Waals surface area contributed by atoms with Gasteiger partial charge in [0.2, 0.25) is 10.0 Å². The zero-order valence-electron chi connectivity index (χ0n) is 10.7. The van der Waals surface area contributed by atoms with Crippen molar-refractivity contribution in [3.05, 3.63) is 15.8 Å². The molecular formula is C11H17NO5S2. The van der Waals surface area contributed by atoms with Gasteiger partial charge in [0, 0.05) is 18.0 Å². The van der Waals surface area contributed by atoms with Gasteiger partial charge >= 0.3 is 5.97 Å². The van der Waals surface area contributed by atoms with E-state index in [0.717, 1.165) is 11.3 Å². The first-order valence-electron chi connectivity index (χ1n) is 5.72. The molecule has 0 spiro atoms. The third kappa shape index (κ3) is 4.27. The summed E-state index contributed by atoms with van der Waals surface area (Å²) in [6.45, 7) is 3.61. The Morgan fingerprint density at radius 2 is 2.16 bits per heavy atom. The molecule has 3 N–H and O–H groups in total. The van der Waals surface area contributed by atoms with Gasteiger partial charge in [0.25, 0.3) is 0 Å². The van der Waals surface area contributed by atoms with Crippen molar-refractivity contribution in [3.8, 4) is 0 Å². The highest BCUT2D eigenvalue weighted by Gasteiger charge is 2.22. The van der Waals surface area contributed by atoms with Crippen LogP contribution in [0.5, 0.6) is 0 Å². The van der Waals surface area contributed by atoms with Gasteiger partial charge in [0.05, 0.1) is 4.90 Å². The normalized spacial score (nSPS) is 13.4. The van der Waals surface area contributed by atoms with Gasteiger partial charge in [-0.3, -0.25) is 0 Å². The number of aliphatic hydroxyl groups is 1. The number of thiophene rings is 1. The molecule has 0 amide bonds. The lowest BCUT2D eigenvalue weighted by molar-refractivity contribution is 0.0702. The van der Waals surface area contributed by atoms with Crippen LogP contribution in [0.3, 0.4) is 0 Å². The summed E-state index contributed by atoms with van der Waals surface area (Å²) >= 11 is 0.935. The predicted octanol–water partition coefficient (Wildman–Crippen LogP) is 1.05. The monoisotopic (exact) mass is 307 g/mol. The van der Waals surface area contributed by atoms with Crippen molar-refractivity contribution in [2.75, 3.05) is 13.2 Å². The maximum Gasteiger partial charge on any atom is 0.345 e. The van der Waals surface area contributed by atoms with Crippen molar-refractivity contribution in [2.45, 2.75) is 25.2 Å². The summed E-state index contributed by atoms with van der Waals surface area (Å²) in [4.78, 5) is 11.3. The molecule has 1 rings (SSSR count). The van der Waals surface area contributed by atoms with Crippen LogP contribution in [0.15, 0.2) is 11.0 Å². The fourth-order valence-electron chi connectivity index (χ4n) is 1.49. The van der Waals surface area contributed by atoms with E-state index < -0.39 is 16.0 Å². The summed E-state index contributed by atoms with van der Waals surface area (Å²) in [5, 5.41) is 17.6. The van der Waals surface area contributed by atoms with Crippen LogP contribution in [0, 0.1) is 12.8 Å². The Hall–Kier alpha value is -0.960. The van der Waals surface area contributed by atoms with Gasteiger partial charge in [-0.1, -0.05) is 6.92 Å². The predicted molar refractivity (Wildman–Crippen MR) is 72.1 cm³/mol. The van der Waals surface area contributed by atoms with Crippen LogP contribution in [0.4, 0.5) is 0 Å². The summed E-state index contributed by atoms with van der Waals surface area (Å²) in [5.74, 6) is -1.12. The second kappa shape index (κ2) is 6.47. The van der Waals surface area contributed by atoms with Crippen molar-refractivity contribution in [2.24, 2.45) is 5.92 Å². The van der Waals surface area contributed by atoms with Gasteiger partial charge in [0.1, 0.15) is 4.88 Å². The summed E-state index contributed by atoms with van der Waals surface area (Å²) in [7, 11) is -3.70. The number of aryl methyl sites for hydroxylation is 1. The first-order chi connectivity index (χ1) is 8.77. The van der Waals surface area contributed by atoms with Crippen molar-refractivity contribution < 1.29 is 23.4 Å². The maximum atomic E-state index is 12.0. The second-order valence-corrected chi connectivity index (χ2v) is 7.30. The van der Waals surface area contributed by atoms with E-state index in [0.29, 0.717) is 11.3 Å². The fourth-order valence-corrected chi connectivity index (χ4v) is 4.08. The molecule has 0 saturated carbocycles. The SMILES string of the molecule is Cc1sc(C(=O)O)cc1S(=O)(=O)NCC(C)CCO. The molecule has 6 nitrogen and oxygen atoms in total. The van der Waals surface area contributed by atoms with E-state index in [1.54, 1.807) is 6.92 Å². The second-order valence-electron chi connectivity index (χ2n) is 4.31. The van der Waals surface area contributed by atoms with Crippen LogP contribution in [-0.2, 0) is 10.0 Å². The van der Waals surface area contributed by atoms with Gasteiger partial charge in [-0.05, 0) is 25.3 Å². The van der Waals surface area contributed by atoms with Gasteiger partial charge < -0.3 is 10.2 Å². The third-order valence-electron chi connectivity index (χ3n) is 2.62. The third-order valence-corrected chi connectivity index (χ3v) is 5.33. The molecule has 1 atom stereocenters. The number of carboxylic acids is 1. The topological polar surface area (TPSA) is 104 Å². The summed E-state index contributed by atoms with van der Waals surface area (Å²) in [6, 6.07) is 1.17. The number of sulfonamides is 1. The molecule has 1 aromatic heterocycles. The number of aliphatic hydroxyl groups excluding tert-OH is 1. The Morgan fingerprint density at radius 3 is 2.63 bits per heavy atom. The minimum absolute atomic E-state index is 0.00119. The molecule has 1 unspecified atom stereocenters. The van der Waals surface area contributed by atoms with Crippen LogP contribution in [-0.4, -0.2) is 37.8 Å². The van der Waals surface area contributed by atoms with E-state index in [2.05, 4.69) is 4.72 Å². The molecule has 1 heterocycles. The molecule has 0 bridgehead atoms. The summed E-state index contributed by atoms with van der Waals surface area (Å²) < 4.78 is 26.5. The zero-order valence-corrected chi connectivity index (χ0v) is 12.3. The van der Waals surface area contributed by atoms with Crippen molar-refractivity contribution in [3.63, 3.8) is 0 Å². The first kappa shape index (κ1) is 16.1. The average Bonchev–Trinajstić information content (AvgIpc) is 2.70. The Bertz CT molecular complexity index is 549. The molecule has 0 aliphatic carbocycles. The Labute approximate surface area is 116 Å². The van der Waals surface area contributed by atoms with Crippen LogP contribution >= 0.6 is 11.3 Å². The molecule has 0 aliphatic rings. The molecular weight excluding hydrogens is 290 g/mol. The number of carboxylic acid groups (broad SMARTS) is 1. The van der Waals surface area contributed by atoms with E-state index in [1.807, 2.05) is 6.92 Å². The minimum atomic E-state index is -3.70. The highest BCUT2D eigenvalue weighted by Crippen LogP contribution is 2.25. The average molecular weight is 307 g/mol. The van der Waals surface area contributed by atoms with Crippen molar-refractivity contribution >= 4 is 27.3 Å². The number of rotatable bonds is 7. The van der Waals surface area contributed by atoms with Gasteiger partial charge in [0.15, 0.2) is 0 Å². The lowest BCUT2D eigenvalue weighted by Crippen LogP contribution is -2.29. The molecule has 1 aromatic rings. The molecule has 108 valence electrons. The first-order valence-corrected chi connectivity index (χ1v) is 8.02. The number of aromatic carboxylic acids is 1. The summed E-state index contributed by atoms with van der Waals surface area (Å²) in [5.41, 5.74) is 0. The zero-order chi connectivity index (χ0) is 14.6. The fraction of sp³-hybridized carbons (Fsp3) is 0.545. The van der Waals surface area contributed by atoms with Crippen LogP contribution in [0.2, 0.25) is 0 Å². The Morgan fingerprint density at radius 1 is 1.53 bits per heavy atom. The molecule has 0 fully saturated rings. The lowest BCUT2D eigenvalue weighted by Gasteiger charge is -2.11. The molecule has 0 aliphatic heterocycles. The smallest absolute Gasteiger partial charge is 0.345 e. The maximum absolute atomic E-state index is 12.0. The molecule has 0 aromatic carbocycles. The Balaban J connectivity index is 2.86. The van der Waals surface area contributed by atoms with E-state index in [-0.39, 0.29) is 28.8 Å². The number of hydrogen-bond donors (Lipinski definition) is 3. The van der Waals surface area contributed by atoms with Crippen LogP contribution < -0.4 is 4.72 Å². The van der Waals surface area contributed by atoms with Crippen LogP contribution in [0.1, 0.15) is 27.9 Å².